The highest BCUT2D eigenvalue weighted by atomic mass is 16.5. The van der Waals surface area contributed by atoms with Crippen LogP contribution in [-0.4, -0.2) is 71.7 Å². The van der Waals surface area contributed by atoms with Crippen molar-refractivity contribution >= 4 is 11.8 Å². The second kappa shape index (κ2) is 9.32. The zero-order chi connectivity index (χ0) is 19.2. The fraction of sp³-hybridized carbons (Fsp3) is 0.737. The number of imidazole rings is 1. The van der Waals surface area contributed by atoms with Crippen LogP contribution in [0.4, 0.5) is 0 Å². The van der Waals surface area contributed by atoms with E-state index in [4.69, 9.17) is 4.74 Å². The van der Waals surface area contributed by atoms with Crippen molar-refractivity contribution in [3.8, 4) is 0 Å². The first-order valence-corrected chi connectivity index (χ1v) is 10.1. The third-order valence-corrected chi connectivity index (χ3v) is 5.34. The van der Waals surface area contributed by atoms with Crippen LogP contribution in [0, 0.1) is 0 Å². The molecule has 150 valence electrons. The highest BCUT2D eigenvalue weighted by Crippen LogP contribution is 2.21. The van der Waals surface area contributed by atoms with Crippen molar-refractivity contribution in [3.63, 3.8) is 0 Å². The molecule has 8 heteroatoms. The third-order valence-electron chi connectivity index (χ3n) is 5.34. The molecule has 27 heavy (non-hydrogen) atoms. The largest absolute Gasteiger partial charge is 0.379 e. The summed E-state index contributed by atoms with van der Waals surface area (Å²) in [5.41, 5.74) is 1.30. The van der Waals surface area contributed by atoms with Crippen molar-refractivity contribution in [3.05, 3.63) is 17.2 Å². The van der Waals surface area contributed by atoms with Gasteiger partial charge in [0.05, 0.1) is 18.9 Å². The topological polar surface area (TPSA) is 88.5 Å². The normalized spacial score (nSPS) is 18.6. The van der Waals surface area contributed by atoms with Crippen LogP contribution in [0.5, 0.6) is 0 Å². The third kappa shape index (κ3) is 4.87. The van der Waals surface area contributed by atoms with Crippen molar-refractivity contribution < 1.29 is 14.3 Å². The molecule has 8 nitrogen and oxygen atoms in total. The number of fused-ring (bicyclic) bond motifs is 1. The molecule has 0 saturated carbocycles. The van der Waals surface area contributed by atoms with Crippen molar-refractivity contribution in [2.45, 2.75) is 52.1 Å². The molecule has 0 aliphatic carbocycles. The average molecular weight is 377 g/mol. The van der Waals surface area contributed by atoms with E-state index in [1.54, 1.807) is 0 Å². The summed E-state index contributed by atoms with van der Waals surface area (Å²) in [7, 11) is 0. The van der Waals surface area contributed by atoms with Crippen LogP contribution in [0.1, 0.15) is 59.9 Å². The van der Waals surface area contributed by atoms with Gasteiger partial charge in [-0.3, -0.25) is 14.5 Å². The van der Waals surface area contributed by atoms with E-state index in [2.05, 4.69) is 20.5 Å². The van der Waals surface area contributed by atoms with E-state index in [1.807, 2.05) is 18.4 Å². The lowest BCUT2D eigenvalue weighted by Crippen LogP contribution is -2.41. The van der Waals surface area contributed by atoms with E-state index in [-0.39, 0.29) is 17.9 Å². The molecule has 0 aromatic carbocycles. The molecule has 2 N–H and O–H groups in total. The molecule has 1 fully saturated rings. The molecule has 1 aromatic rings. The Morgan fingerprint density at radius 2 is 1.96 bits per heavy atom. The number of hydrogen-bond acceptors (Lipinski definition) is 5. The van der Waals surface area contributed by atoms with Gasteiger partial charge in [-0.2, -0.15) is 0 Å². The van der Waals surface area contributed by atoms with Gasteiger partial charge in [-0.15, -0.1) is 0 Å². The van der Waals surface area contributed by atoms with Gasteiger partial charge in [0.2, 0.25) is 0 Å². The maximum Gasteiger partial charge on any atom is 0.287 e. The molecule has 0 radical (unpaired) electrons. The molecule has 1 unspecified atom stereocenters. The Hall–Kier alpha value is -1.93. The fourth-order valence-corrected chi connectivity index (χ4v) is 3.52. The van der Waals surface area contributed by atoms with Gasteiger partial charge in [0, 0.05) is 38.8 Å². The van der Waals surface area contributed by atoms with Gasteiger partial charge in [0.15, 0.2) is 5.82 Å². The summed E-state index contributed by atoms with van der Waals surface area (Å²) in [5.74, 6) is -0.0163. The van der Waals surface area contributed by atoms with Crippen LogP contribution in [0.15, 0.2) is 0 Å². The minimum atomic E-state index is -0.200. The number of ether oxygens (including phenoxy) is 1. The Labute approximate surface area is 160 Å². The lowest BCUT2D eigenvalue weighted by molar-refractivity contribution is 0.0383. The first-order chi connectivity index (χ1) is 13.1. The highest BCUT2D eigenvalue weighted by molar-refractivity contribution is 5.97. The molecule has 0 bridgehead atoms. The summed E-state index contributed by atoms with van der Waals surface area (Å²) in [4.78, 5) is 32.0. The minimum absolute atomic E-state index is 0.0873. The van der Waals surface area contributed by atoms with Gasteiger partial charge in [-0.25, -0.2) is 4.98 Å². The minimum Gasteiger partial charge on any atom is -0.379 e. The lowest BCUT2D eigenvalue weighted by atomic mass is 10.1. The maximum absolute atomic E-state index is 12.7. The van der Waals surface area contributed by atoms with E-state index in [1.165, 1.54) is 0 Å². The van der Waals surface area contributed by atoms with Crippen molar-refractivity contribution in [2.75, 3.05) is 39.4 Å². The molecule has 1 atom stereocenters. The quantitative estimate of drug-likeness (QED) is 0.734. The summed E-state index contributed by atoms with van der Waals surface area (Å²) in [5, 5.41) is 5.93. The number of morpholine rings is 1. The predicted octanol–water partition coefficient (Wildman–Crippen LogP) is 0.810. The number of nitrogens with zero attached hydrogens (tertiary/aromatic N) is 3. The van der Waals surface area contributed by atoms with Gasteiger partial charge in [0.25, 0.3) is 11.8 Å². The number of rotatable bonds is 7. The summed E-state index contributed by atoms with van der Waals surface area (Å²) in [6.45, 7) is 9.39. The summed E-state index contributed by atoms with van der Waals surface area (Å²) < 4.78 is 7.27. The standard InChI is InChI=1S/C19H31N5O3/c1-3-14(2)21-18(25)16-15-6-4-5-8-24(15)17(22-16)19(26)20-7-9-23-10-12-27-13-11-23/h14H,3-13H2,1-2H3,(H,20,26)(H,21,25). The van der Waals surface area contributed by atoms with Gasteiger partial charge in [0.1, 0.15) is 5.69 Å². The monoisotopic (exact) mass is 377 g/mol. The molecule has 0 spiro atoms. The summed E-state index contributed by atoms with van der Waals surface area (Å²) in [6, 6.07) is 0.0873. The van der Waals surface area contributed by atoms with Crippen molar-refractivity contribution in [1.82, 2.24) is 25.1 Å². The van der Waals surface area contributed by atoms with Gasteiger partial charge >= 0.3 is 0 Å². The van der Waals surface area contributed by atoms with Crippen molar-refractivity contribution in [1.29, 1.82) is 0 Å². The number of nitrogens with one attached hydrogen (secondary N) is 2. The molecule has 1 saturated heterocycles. The SMILES string of the molecule is CCC(C)NC(=O)c1nc(C(=O)NCCN2CCOCC2)n2c1CCCC2. The number of carbonyl (C=O) groups is 2. The Morgan fingerprint density at radius 3 is 2.70 bits per heavy atom. The molecule has 2 aliphatic rings. The van der Waals surface area contributed by atoms with E-state index < -0.39 is 0 Å². The van der Waals surface area contributed by atoms with Crippen LogP contribution in [0.25, 0.3) is 0 Å². The molecule has 2 amide bonds. The number of aromatic nitrogens is 2. The van der Waals surface area contributed by atoms with Crippen LogP contribution >= 0.6 is 0 Å². The first-order valence-electron chi connectivity index (χ1n) is 10.1. The second-order valence-corrected chi connectivity index (χ2v) is 7.33. The van der Waals surface area contributed by atoms with Crippen LogP contribution < -0.4 is 10.6 Å². The van der Waals surface area contributed by atoms with Crippen LogP contribution in [0.2, 0.25) is 0 Å². The van der Waals surface area contributed by atoms with Gasteiger partial charge < -0.3 is 19.9 Å². The number of carbonyl (C=O) groups excluding carboxylic acids is 2. The van der Waals surface area contributed by atoms with Crippen molar-refractivity contribution in [2.24, 2.45) is 0 Å². The Balaban J connectivity index is 1.66. The van der Waals surface area contributed by atoms with E-state index in [0.717, 1.165) is 70.8 Å². The maximum atomic E-state index is 12.7. The molecule has 3 rings (SSSR count). The fourth-order valence-electron chi connectivity index (χ4n) is 3.52. The zero-order valence-electron chi connectivity index (χ0n) is 16.4. The molecular formula is C19H31N5O3. The first kappa shape index (κ1) is 19.8. The summed E-state index contributed by atoms with van der Waals surface area (Å²) >= 11 is 0. The second-order valence-electron chi connectivity index (χ2n) is 7.33. The van der Waals surface area contributed by atoms with E-state index >= 15 is 0 Å². The van der Waals surface area contributed by atoms with Crippen LogP contribution in [-0.2, 0) is 17.7 Å². The highest BCUT2D eigenvalue weighted by Gasteiger charge is 2.27. The smallest absolute Gasteiger partial charge is 0.287 e. The van der Waals surface area contributed by atoms with E-state index in [9.17, 15) is 9.59 Å². The Morgan fingerprint density at radius 1 is 1.19 bits per heavy atom. The number of hydrogen-bond donors (Lipinski definition) is 2. The zero-order valence-corrected chi connectivity index (χ0v) is 16.4. The Kier molecular flexibility index (Phi) is 6.84. The van der Waals surface area contributed by atoms with Gasteiger partial charge in [-0.1, -0.05) is 6.92 Å². The average Bonchev–Trinajstić information content (AvgIpc) is 3.08. The van der Waals surface area contributed by atoms with E-state index in [0.29, 0.717) is 18.1 Å². The predicted molar refractivity (Wildman–Crippen MR) is 102 cm³/mol. The molecular weight excluding hydrogens is 346 g/mol. The number of amides is 2. The van der Waals surface area contributed by atoms with Gasteiger partial charge in [-0.05, 0) is 32.6 Å². The summed E-state index contributed by atoms with van der Waals surface area (Å²) in [6.07, 6.45) is 3.67. The van der Waals surface area contributed by atoms with Crippen LogP contribution in [0.3, 0.4) is 0 Å². The lowest BCUT2D eigenvalue weighted by Gasteiger charge is -2.26. The molecule has 3 heterocycles. The molecule has 2 aliphatic heterocycles. The molecule has 1 aromatic heterocycles. The Bertz CT molecular complexity index is 667.